The van der Waals surface area contributed by atoms with Crippen LogP contribution in [0.15, 0.2) is 42.5 Å². The van der Waals surface area contributed by atoms with Gasteiger partial charge < -0.3 is 19.3 Å². The third kappa shape index (κ3) is 3.87. The van der Waals surface area contributed by atoms with Crippen LogP contribution < -0.4 is 9.47 Å². The monoisotopic (exact) mass is 342 g/mol. The van der Waals surface area contributed by atoms with E-state index in [1.54, 1.807) is 19.2 Å². The number of phenolic OH excluding ortho intramolecular Hbond substituents is 1. The quantitative estimate of drug-likeness (QED) is 0.818. The van der Waals surface area contributed by atoms with Gasteiger partial charge in [-0.25, -0.2) is 0 Å². The summed E-state index contributed by atoms with van der Waals surface area (Å²) in [6.07, 6.45) is 1.34. The fourth-order valence-corrected chi connectivity index (χ4v) is 3.22. The first-order chi connectivity index (χ1) is 12.1. The Bertz CT molecular complexity index is 738. The first-order valence-electron chi connectivity index (χ1n) is 8.26. The molecule has 5 nitrogen and oxygen atoms in total. The molecule has 0 spiro atoms. The highest BCUT2D eigenvalue weighted by Crippen LogP contribution is 2.32. The van der Waals surface area contributed by atoms with Gasteiger partial charge in [-0.2, -0.15) is 0 Å². The molecule has 1 N–H and O–H groups in total. The Kier molecular flexibility index (Phi) is 5.12. The first-order valence-corrected chi connectivity index (χ1v) is 8.26. The second kappa shape index (κ2) is 7.47. The Labute approximate surface area is 147 Å². The molecule has 1 saturated heterocycles. The zero-order valence-corrected chi connectivity index (χ0v) is 14.4. The lowest BCUT2D eigenvalue weighted by atomic mass is 9.85. The summed E-state index contributed by atoms with van der Waals surface area (Å²) < 4.78 is 15.6. The second-order valence-corrected chi connectivity index (χ2v) is 6.26. The number of carbonyl (C=O) groups excluding carboxylic acids is 1. The van der Waals surface area contributed by atoms with Crippen molar-refractivity contribution in [3.63, 3.8) is 0 Å². The maximum atomic E-state index is 12.2. The number of hydrogen-bond donors (Lipinski definition) is 1. The van der Waals surface area contributed by atoms with Crippen LogP contribution in [-0.2, 0) is 22.4 Å². The van der Waals surface area contributed by atoms with E-state index in [1.807, 2.05) is 30.3 Å². The number of aromatic hydroxyl groups is 1. The molecular formula is C20H22O5. The minimum Gasteiger partial charge on any atom is -0.504 e. The van der Waals surface area contributed by atoms with Crippen LogP contribution in [0.1, 0.15) is 11.1 Å². The SMILES string of the molecule is COc1ccc(C[C@H]2COC(=O)[C@@H]2Cc2ccc(O)c(OC)c2)cc1. The minimum atomic E-state index is -0.198. The van der Waals surface area contributed by atoms with Gasteiger partial charge in [-0.05, 0) is 48.2 Å². The Balaban J connectivity index is 1.73. The topological polar surface area (TPSA) is 65.0 Å². The number of methoxy groups -OCH3 is 2. The Hall–Kier alpha value is -2.69. The van der Waals surface area contributed by atoms with Crippen LogP contribution in [0, 0.1) is 11.8 Å². The third-order valence-corrected chi connectivity index (χ3v) is 4.67. The van der Waals surface area contributed by atoms with E-state index in [0.717, 1.165) is 23.3 Å². The molecule has 1 fully saturated rings. The molecule has 2 aromatic carbocycles. The van der Waals surface area contributed by atoms with Crippen molar-refractivity contribution in [3.05, 3.63) is 53.6 Å². The molecule has 0 amide bonds. The summed E-state index contributed by atoms with van der Waals surface area (Å²) in [6, 6.07) is 13.1. The summed E-state index contributed by atoms with van der Waals surface area (Å²) in [7, 11) is 3.15. The van der Waals surface area contributed by atoms with E-state index >= 15 is 0 Å². The van der Waals surface area contributed by atoms with Crippen LogP contribution in [0.5, 0.6) is 17.2 Å². The highest BCUT2D eigenvalue weighted by molar-refractivity contribution is 5.75. The molecule has 0 aromatic heterocycles. The van der Waals surface area contributed by atoms with Crippen molar-refractivity contribution in [3.8, 4) is 17.2 Å². The third-order valence-electron chi connectivity index (χ3n) is 4.67. The molecule has 25 heavy (non-hydrogen) atoms. The van der Waals surface area contributed by atoms with E-state index in [1.165, 1.54) is 7.11 Å². The molecule has 2 aromatic rings. The van der Waals surface area contributed by atoms with Crippen LogP contribution in [0.3, 0.4) is 0 Å². The van der Waals surface area contributed by atoms with Gasteiger partial charge in [0.2, 0.25) is 0 Å². The summed E-state index contributed by atoms with van der Waals surface area (Å²) in [5.41, 5.74) is 2.09. The highest BCUT2D eigenvalue weighted by atomic mass is 16.5. The molecule has 1 heterocycles. The van der Waals surface area contributed by atoms with Crippen molar-refractivity contribution in [2.24, 2.45) is 11.8 Å². The van der Waals surface area contributed by atoms with Crippen LogP contribution in [-0.4, -0.2) is 31.9 Å². The molecular weight excluding hydrogens is 320 g/mol. The average Bonchev–Trinajstić information content (AvgIpc) is 2.97. The number of carbonyl (C=O) groups is 1. The maximum Gasteiger partial charge on any atom is 0.309 e. The second-order valence-electron chi connectivity index (χ2n) is 6.26. The van der Waals surface area contributed by atoms with Gasteiger partial charge in [0.15, 0.2) is 11.5 Å². The molecule has 132 valence electrons. The summed E-state index contributed by atoms with van der Waals surface area (Å²) in [6.45, 7) is 0.435. The standard InChI is InChI=1S/C20H22O5/c1-23-16-6-3-13(4-7-16)9-15-12-25-20(22)17(15)10-14-5-8-18(21)19(11-14)24-2/h3-8,11,15,17,21H,9-10,12H2,1-2H3/t15-,17+/m0/s1. The average molecular weight is 342 g/mol. The number of phenols is 1. The number of ether oxygens (including phenoxy) is 3. The number of esters is 1. The van der Waals surface area contributed by atoms with E-state index < -0.39 is 0 Å². The predicted octanol–water partition coefficient (Wildman–Crippen LogP) is 2.98. The Morgan fingerprint density at radius 2 is 1.76 bits per heavy atom. The molecule has 1 aliphatic heterocycles. The van der Waals surface area contributed by atoms with Gasteiger partial charge in [-0.1, -0.05) is 18.2 Å². The van der Waals surface area contributed by atoms with Gasteiger partial charge in [-0.15, -0.1) is 0 Å². The summed E-state index contributed by atoms with van der Waals surface area (Å²) >= 11 is 0. The summed E-state index contributed by atoms with van der Waals surface area (Å²) in [5, 5.41) is 9.71. The molecule has 0 radical (unpaired) electrons. The lowest BCUT2D eigenvalue weighted by molar-refractivity contribution is -0.141. The number of rotatable bonds is 6. The Morgan fingerprint density at radius 3 is 2.44 bits per heavy atom. The highest BCUT2D eigenvalue weighted by Gasteiger charge is 2.36. The number of benzene rings is 2. The normalized spacial score (nSPS) is 19.5. The van der Waals surface area contributed by atoms with Crippen molar-refractivity contribution in [1.29, 1.82) is 0 Å². The van der Waals surface area contributed by atoms with Crippen molar-refractivity contribution < 1.29 is 24.1 Å². The zero-order chi connectivity index (χ0) is 17.8. The van der Waals surface area contributed by atoms with Gasteiger partial charge in [0.25, 0.3) is 0 Å². The van der Waals surface area contributed by atoms with Gasteiger partial charge in [-0.3, -0.25) is 4.79 Å². The van der Waals surface area contributed by atoms with E-state index in [0.29, 0.717) is 18.8 Å². The maximum absolute atomic E-state index is 12.2. The van der Waals surface area contributed by atoms with Crippen molar-refractivity contribution in [2.45, 2.75) is 12.8 Å². The number of hydrogen-bond acceptors (Lipinski definition) is 5. The Morgan fingerprint density at radius 1 is 1.04 bits per heavy atom. The first kappa shape index (κ1) is 17.1. The molecule has 0 aliphatic carbocycles. The minimum absolute atomic E-state index is 0.0926. The van der Waals surface area contributed by atoms with Crippen molar-refractivity contribution >= 4 is 5.97 Å². The molecule has 5 heteroatoms. The summed E-state index contributed by atoms with van der Waals surface area (Å²) in [5.74, 6) is 1.09. The number of cyclic esters (lactones) is 1. The van der Waals surface area contributed by atoms with Gasteiger partial charge in [0, 0.05) is 5.92 Å². The molecule has 2 atom stereocenters. The molecule has 0 unspecified atom stereocenters. The lowest BCUT2D eigenvalue weighted by Gasteiger charge is -2.16. The smallest absolute Gasteiger partial charge is 0.309 e. The van der Waals surface area contributed by atoms with Crippen LogP contribution in [0.25, 0.3) is 0 Å². The van der Waals surface area contributed by atoms with Crippen LogP contribution >= 0.6 is 0 Å². The fraction of sp³-hybridized carbons (Fsp3) is 0.350. The van der Waals surface area contributed by atoms with Gasteiger partial charge in [0.05, 0.1) is 26.7 Å². The zero-order valence-electron chi connectivity index (χ0n) is 14.4. The lowest BCUT2D eigenvalue weighted by Crippen LogP contribution is -2.20. The summed E-state index contributed by atoms with van der Waals surface area (Å²) in [4.78, 5) is 12.2. The fourth-order valence-electron chi connectivity index (χ4n) is 3.22. The van der Waals surface area contributed by atoms with Gasteiger partial charge in [0.1, 0.15) is 5.75 Å². The van der Waals surface area contributed by atoms with Crippen molar-refractivity contribution in [1.82, 2.24) is 0 Å². The van der Waals surface area contributed by atoms with E-state index in [4.69, 9.17) is 14.2 Å². The molecule has 1 aliphatic rings. The van der Waals surface area contributed by atoms with Gasteiger partial charge >= 0.3 is 5.97 Å². The largest absolute Gasteiger partial charge is 0.504 e. The van der Waals surface area contributed by atoms with Crippen LogP contribution in [0.2, 0.25) is 0 Å². The predicted molar refractivity (Wildman–Crippen MR) is 93.0 cm³/mol. The van der Waals surface area contributed by atoms with E-state index in [-0.39, 0.29) is 23.6 Å². The molecule has 3 rings (SSSR count). The van der Waals surface area contributed by atoms with E-state index in [2.05, 4.69) is 0 Å². The van der Waals surface area contributed by atoms with Crippen molar-refractivity contribution in [2.75, 3.05) is 20.8 Å². The molecule has 0 saturated carbocycles. The van der Waals surface area contributed by atoms with E-state index in [9.17, 15) is 9.90 Å². The molecule has 0 bridgehead atoms. The van der Waals surface area contributed by atoms with Crippen LogP contribution in [0.4, 0.5) is 0 Å².